The highest BCUT2D eigenvalue weighted by atomic mass is 16.5. The second-order valence-electron chi connectivity index (χ2n) is 5.12. The summed E-state index contributed by atoms with van der Waals surface area (Å²) in [5.41, 5.74) is 1.09. The number of nitrogens with zero attached hydrogens (tertiary/aromatic N) is 2. The molecule has 1 aromatic carbocycles. The smallest absolute Gasteiger partial charge is 0.414 e. The number of amidine groups is 1. The molecule has 3 N–H and O–H groups in total. The molecule has 1 unspecified atom stereocenters. The van der Waals surface area contributed by atoms with E-state index in [1.807, 2.05) is 18.2 Å². The van der Waals surface area contributed by atoms with Gasteiger partial charge < -0.3 is 29.9 Å². The lowest BCUT2D eigenvalue weighted by Crippen LogP contribution is -2.46. The Kier molecular flexibility index (Phi) is 5.46. The second-order valence-corrected chi connectivity index (χ2v) is 5.12. The van der Waals surface area contributed by atoms with E-state index in [1.54, 1.807) is 7.11 Å². The third-order valence-electron chi connectivity index (χ3n) is 3.48. The summed E-state index contributed by atoms with van der Waals surface area (Å²) in [6.45, 7) is 2.55. The predicted octanol–water partition coefficient (Wildman–Crippen LogP) is 0.0497. The van der Waals surface area contributed by atoms with Crippen LogP contribution < -0.4 is 19.7 Å². The Morgan fingerprint density at radius 1 is 1.38 bits per heavy atom. The van der Waals surface area contributed by atoms with Gasteiger partial charge in [-0.25, -0.2) is 9.59 Å². The van der Waals surface area contributed by atoms with Gasteiger partial charge in [-0.3, -0.25) is 4.99 Å². The number of benzene rings is 1. The zero-order valence-corrected chi connectivity index (χ0v) is 13.4. The fraction of sp³-hybridized carbons (Fsp3) is 0.400. The molecule has 0 bridgehead atoms. The summed E-state index contributed by atoms with van der Waals surface area (Å²) in [7, 11) is 3.73. The lowest BCUT2D eigenvalue weighted by Gasteiger charge is -2.33. The number of ether oxygens (including phenoxy) is 2. The van der Waals surface area contributed by atoms with Crippen molar-refractivity contribution in [2.45, 2.75) is 6.10 Å². The van der Waals surface area contributed by atoms with Crippen LogP contribution in [0.15, 0.2) is 23.2 Å². The highest BCUT2D eigenvalue weighted by Crippen LogP contribution is 2.35. The number of aliphatic imine (C=N–C) groups is 1. The van der Waals surface area contributed by atoms with Crippen LogP contribution in [-0.4, -0.2) is 67.9 Å². The minimum Gasteiger partial charge on any atom is -0.497 e. The highest BCUT2D eigenvalue weighted by molar-refractivity contribution is 6.27. The molecule has 0 saturated heterocycles. The highest BCUT2D eigenvalue weighted by Gasteiger charge is 2.28. The van der Waals surface area contributed by atoms with Crippen LogP contribution in [0.5, 0.6) is 11.5 Å². The van der Waals surface area contributed by atoms with Crippen molar-refractivity contribution < 1.29 is 29.3 Å². The van der Waals surface area contributed by atoms with E-state index in [9.17, 15) is 0 Å². The van der Waals surface area contributed by atoms with Crippen LogP contribution in [0, 0.1) is 0 Å². The Hall–Kier alpha value is -2.97. The maximum atomic E-state index is 9.10. The first-order valence-corrected chi connectivity index (χ1v) is 7.22. The van der Waals surface area contributed by atoms with Gasteiger partial charge in [-0.05, 0) is 12.1 Å². The minimum atomic E-state index is -1.82. The van der Waals surface area contributed by atoms with Crippen molar-refractivity contribution in [3.05, 3.63) is 18.2 Å². The van der Waals surface area contributed by atoms with Gasteiger partial charge in [0.2, 0.25) is 0 Å². The third-order valence-corrected chi connectivity index (χ3v) is 3.48. The molecular formula is C15H19N3O6. The van der Waals surface area contributed by atoms with Gasteiger partial charge in [0.05, 0.1) is 25.9 Å². The maximum absolute atomic E-state index is 9.10. The number of carbonyl (C=O) groups is 2. The summed E-state index contributed by atoms with van der Waals surface area (Å²) in [6.07, 6.45) is -0.0166. The summed E-state index contributed by atoms with van der Waals surface area (Å²) in [5, 5.41) is 18.1. The van der Waals surface area contributed by atoms with E-state index in [0.29, 0.717) is 0 Å². The summed E-state index contributed by atoms with van der Waals surface area (Å²) >= 11 is 0. The first kappa shape index (κ1) is 17.4. The standard InChI is InChI=1S/C13H17N3O2.C2H2O4/c1-16-8-12(13-14-5-6-15-13)18-11-7-9(17-2)3-4-10(11)16;3-1(4)2(5)6/h3-4,7,12H,5-6,8H2,1-2H3,(H,14,15);(H,3,4)(H,5,6). The van der Waals surface area contributed by atoms with Gasteiger partial charge >= 0.3 is 11.9 Å². The molecule has 130 valence electrons. The molecule has 0 amide bonds. The fourth-order valence-corrected chi connectivity index (χ4v) is 2.34. The Bertz CT molecular complexity index is 649. The number of anilines is 1. The Morgan fingerprint density at radius 3 is 2.62 bits per heavy atom. The van der Waals surface area contributed by atoms with Gasteiger partial charge in [-0.15, -0.1) is 0 Å². The van der Waals surface area contributed by atoms with Crippen molar-refractivity contribution >= 4 is 23.5 Å². The SMILES string of the molecule is COc1ccc2c(c1)OC(C1=NCCN1)CN2C.O=C(O)C(=O)O. The predicted molar refractivity (Wildman–Crippen MR) is 86.3 cm³/mol. The molecular weight excluding hydrogens is 318 g/mol. The monoisotopic (exact) mass is 337 g/mol. The minimum absolute atomic E-state index is 0.0166. The van der Waals surface area contributed by atoms with Crippen molar-refractivity contribution in [1.29, 1.82) is 0 Å². The topological polar surface area (TPSA) is 121 Å². The van der Waals surface area contributed by atoms with Gasteiger partial charge in [0, 0.05) is 19.7 Å². The molecule has 9 nitrogen and oxygen atoms in total. The van der Waals surface area contributed by atoms with Crippen LogP contribution in [-0.2, 0) is 9.59 Å². The molecule has 0 aliphatic carbocycles. The molecule has 2 aliphatic rings. The molecule has 3 rings (SSSR count). The fourth-order valence-electron chi connectivity index (χ4n) is 2.34. The van der Waals surface area contributed by atoms with Gasteiger partial charge in [-0.1, -0.05) is 0 Å². The van der Waals surface area contributed by atoms with E-state index in [-0.39, 0.29) is 6.10 Å². The number of methoxy groups -OCH3 is 1. The molecule has 9 heteroatoms. The van der Waals surface area contributed by atoms with Crippen molar-refractivity contribution in [1.82, 2.24) is 5.32 Å². The second kappa shape index (κ2) is 7.53. The number of carboxylic acids is 2. The van der Waals surface area contributed by atoms with Crippen LogP contribution in [0.25, 0.3) is 0 Å². The number of aliphatic carboxylic acids is 2. The summed E-state index contributed by atoms with van der Waals surface area (Å²) < 4.78 is 11.2. The lowest BCUT2D eigenvalue weighted by atomic mass is 10.2. The average molecular weight is 337 g/mol. The molecule has 1 aromatic rings. The van der Waals surface area contributed by atoms with Gasteiger partial charge in [0.25, 0.3) is 0 Å². The van der Waals surface area contributed by atoms with Crippen LogP contribution >= 0.6 is 0 Å². The lowest BCUT2D eigenvalue weighted by molar-refractivity contribution is -0.159. The van der Waals surface area contributed by atoms with Crippen molar-refractivity contribution in [2.24, 2.45) is 4.99 Å². The van der Waals surface area contributed by atoms with Gasteiger partial charge in [0.1, 0.15) is 17.3 Å². The molecule has 0 spiro atoms. The van der Waals surface area contributed by atoms with E-state index >= 15 is 0 Å². The summed E-state index contributed by atoms with van der Waals surface area (Å²) in [5.74, 6) is -1.03. The van der Waals surface area contributed by atoms with Crippen LogP contribution in [0.4, 0.5) is 5.69 Å². The van der Waals surface area contributed by atoms with E-state index in [2.05, 4.69) is 22.3 Å². The first-order chi connectivity index (χ1) is 11.4. The van der Waals surface area contributed by atoms with Crippen LogP contribution in [0.2, 0.25) is 0 Å². The number of nitrogens with one attached hydrogen (secondary N) is 1. The molecule has 2 aliphatic heterocycles. The zero-order chi connectivity index (χ0) is 17.7. The molecule has 24 heavy (non-hydrogen) atoms. The van der Waals surface area contributed by atoms with Gasteiger partial charge in [0.15, 0.2) is 6.10 Å². The van der Waals surface area contributed by atoms with Crippen LogP contribution in [0.1, 0.15) is 0 Å². The summed E-state index contributed by atoms with van der Waals surface area (Å²) in [4.78, 5) is 24.8. The van der Waals surface area contributed by atoms with Crippen molar-refractivity contribution in [3.63, 3.8) is 0 Å². The quantitative estimate of drug-likeness (QED) is 0.647. The Labute approximate surface area is 138 Å². The van der Waals surface area contributed by atoms with Gasteiger partial charge in [-0.2, -0.15) is 0 Å². The number of fused-ring (bicyclic) bond motifs is 1. The number of carboxylic acid groups (broad SMARTS) is 2. The first-order valence-electron chi connectivity index (χ1n) is 7.22. The molecule has 0 fully saturated rings. The van der Waals surface area contributed by atoms with E-state index in [4.69, 9.17) is 29.3 Å². The largest absolute Gasteiger partial charge is 0.497 e. The number of hydrogen-bond donors (Lipinski definition) is 3. The van der Waals surface area contributed by atoms with E-state index < -0.39 is 11.9 Å². The summed E-state index contributed by atoms with van der Waals surface area (Å²) in [6, 6.07) is 5.89. The molecule has 1 atom stereocenters. The number of likely N-dealkylation sites (N-methyl/N-ethyl adjacent to an activating group) is 1. The molecule has 2 heterocycles. The Balaban J connectivity index is 0.000000301. The Morgan fingerprint density at radius 2 is 2.08 bits per heavy atom. The number of hydrogen-bond acceptors (Lipinski definition) is 7. The van der Waals surface area contributed by atoms with Crippen LogP contribution in [0.3, 0.4) is 0 Å². The van der Waals surface area contributed by atoms with E-state index in [0.717, 1.165) is 42.7 Å². The maximum Gasteiger partial charge on any atom is 0.414 e. The number of rotatable bonds is 2. The third kappa shape index (κ3) is 4.06. The van der Waals surface area contributed by atoms with E-state index in [1.165, 1.54) is 0 Å². The molecule has 0 radical (unpaired) electrons. The zero-order valence-electron chi connectivity index (χ0n) is 13.4. The van der Waals surface area contributed by atoms with Crippen molar-refractivity contribution in [2.75, 3.05) is 38.7 Å². The van der Waals surface area contributed by atoms with Crippen molar-refractivity contribution in [3.8, 4) is 11.5 Å². The average Bonchev–Trinajstić information content (AvgIpc) is 3.09. The molecule has 0 saturated carbocycles. The normalized spacial score (nSPS) is 18.2. The molecule has 0 aromatic heterocycles.